The minimum absolute atomic E-state index is 0.531. The fourth-order valence-electron chi connectivity index (χ4n) is 1.62. The maximum Gasteiger partial charge on any atom is 0.142 e. The second-order valence-electron chi connectivity index (χ2n) is 4.16. The molecule has 0 aliphatic carbocycles. The summed E-state index contributed by atoms with van der Waals surface area (Å²) in [5.74, 6) is 1.37. The lowest BCUT2D eigenvalue weighted by atomic mass is 10.3. The number of nitrogen functional groups attached to an aromatic ring is 1. The molecule has 20 heavy (non-hydrogen) atoms. The number of para-hydroxylation sites is 2. The van der Waals surface area contributed by atoms with Crippen LogP contribution < -0.4 is 15.2 Å². The fourth-order valence-corrected chi connectivity index (χ4v) is 2.14. The Morgan fingerprint density at radius 1 is 1.00 bits per heavy atom. The molecule has 0 unspecified atom stereocenters. The van der Waals surface area contributed by atoms with E-state index in [1.165, 1.54) is 0 Å². The average molecular weight is 357 g/mol. The van der Waals surface area contributed by atoms with E-state index in [0.717, 1.165) is 10.9 Å². The fraction of sp³-hybridized carbons (Fsp3) is 0.200. The number of rotatable bonds is 6. The number of halogens is 2. The van der Waals surface area contributed by atoms with Crippen LogP contribution in [-0.4, -0.2) is 13.2 Å². The van der Waals surface area contributed by atoms with Crippen molar-refractivity contribution in [2.75, 3.05) is 18.9 Å². The van der Waals surface area contributed by atoms with E-state index in [1.54, 1.807) is 6.07 Å². The molecule has 0 amide bonds. The standard InChI is InChI=1S/C15H15BrClNO2/c16-11-6-7-12(17)15(10-11)20-9-3-8-19-14-5-2-1-4-13(14)18/h1-2,4-7,10H,3,8-9,18H2. The third kappa shape index (κ3) is 4.32. The first-order valence-electron chi connectivity index (χ1n) is 6.22. The van der Waals surface area contributed by atoms with E-state index in [-0.39, 0.29) is 0 Å². The van der Waals surface area contributed by atoms with Crippen LogP contribution >= 0.6 is 27.5 Å². The molecule has 0 bridgehead atoms. The molecule has 0 aliphatic rings. The summed E-state index contributed by atoms with van der Waals surface area (Å²) in [4.78, 5) is 0. The van der Waals surface area contributed by atoms with Crippen molar-refractivity contribution >= 4 is 33.2 Å². The minimum Gasteiger partial charge on any atom is -0.492 e. The van der Waals surface area contributed by atoms with E-state index in [2.05, 4.69) is 15.9 Å². The lowest BCUT2D eigenvalue weighted by Gasteiger charge is -2.10. The normalized spacial score (nSPS) is 10.3. The monoisotopic (exact) mass is 355 g/mol. The summed E-state index contributed by atoms with van der Waals surface area (Å²) in [5, 5.41) is 0.599. The lowest BCUT2D eigenvalue weighted by Crippen LogP contribution is -2.06. The highest BCUT2D eigenvalue weighted by molar-refractivity contribution is 9.10. The smallest absolute Gasteiger partial charge is 0.142 e. The number of anilines is 1. The van der Waals surface area contributed by atoms with E-state index in [1.807, 2.05) is 36.4 Å². The third-order valence-electron chi connectivity index (χ3n) is 2.62. The first-order chi connectivity index (χ1) is 9.66. The molecule has 0 heterocycles. The second-order valence-corrected chi connectivity index (χ2v) is 5.49. The topological polar surface area (TPSA) is 44.5 Å². The van der Waals surface area contributed by atoms with Gasteiger partial charge in [-0.15, -0.1) is 0 Å². The molecule has 2 aromatic rings. The van der Waals surface area contributed by atoms with Gasteiger partial charge in [0.05, 0.1) is 23.9 Å². The highest BCUT2D eigenvalue weighted by Gasteiger charge is 2.03. The van der Waals surface area contributed by atoms with Crippen LogP contribution in [0.25, 0.3) is 0 Å². The Morgan fingerprint density at radius 3 is 2.45 bits per heavy atom. The van der Waals surface area contributed by atoms with Gasteiger partial charge in [0.1, 0.15) is 11.5 Å². The predicted molar refractivity (Wildman–Crippen MR) is 85.6 cm³/mol. The van der Waals surface area contributed by atoms with Gasteiger partial charge in [0.15, 0.2) is 0 Å². The lowest BCUT2D eigenvalue weighted by molar-refractivity contribution is 0.248. The number of ether oxygens (including phenoxy) is 2. The Kier molecular flexibility index (Phi) is 5.56. The summed E-state index contributed by atoms with van der Waals surface area (Å²) < 4.78 is 12.1. The maximum absolute atomic E-state index is 6.03. The molecule has 106 valence electrons. The summed E-state index contributed by atoms with van der Waals surface area (Å²) >= 11 is 9.41. The van der Waals surface area contributed by atoms with Gasteiger partial charge >= 0.3 is 0 Å². The van der Waals surface area contributed by atoms with Crippen LogP contribution in [0.15, 0.2) is 46.9 Å². The van der Waals surface area contributed by atoms with Crippen molar-refractivity contribution in [2.45, 2.75) is 6.42 Å². The molecule has 2 aromatic carbocycles. The SMILES string of the molecule is Nc1ccccc1OCCCOc1cc(Br)ccc1Cl. The summed E-state index contributed by atoms with van der Waals surface area (Å²) in [6.45, 7) is 1.07. The maximum atomic E-state index is 6.03. The summed E-state index contributed by atoms with van der Waals surface area (Å²) in [6, 6.07) is 12.9. The summed E-state index contributed by atoms with van der Waals surface area (Å²) in [6.07, 6.45) is 0.747. The molecule has 0 radical (unpaired) electrons. The zero-order valence-corrected chi connectivity index (χ0v) is 13.2. The van der Waals surface area contributed by atoms with Gasteiger partial charge in [-0.2, -0.15) is 0 Å². The van der Waals surface area contributed by atoms with Crippen molar-refractivity contribution in [3.8, 4) is 11.5 Å². The van der Waals surface area contributed by atoms with Crippen molar-refractivity contribution in [2.24, 2.45) is 0 Å². The Hall–Kier alpha value is -1.39. The van der Waals surface area contributed by atoms with E-state index in [9.17, 15) is 0 Å². The van der Waals surface area contributed by atoms with Crippen LogP contribution in [0.1, 0.15) is 6.42 Å². The molecule has 0 saturated heterocycles. The summed E-state index contributed by atoms with van der Waals surface area (Å²) in [5.41, 5.74) is 6.43. The first-order valence-corrected chi connectivity index (χ1v) is 7.39. The number of hydrogen-bond acceptors (Lipinski definition) is 3. The first kappa shape index (κ1) is 15.0. The van der Waals surface area contributed by atoms with Crippen molar-refractivity contribution < 1.29 is 9.47 Å². The minimum atomic E-state index is 0.531. The van der Waals surface area contributed by atoms with Crippen LogP contribution in [0.3, 0.4) is 0 Å². The molecule has 2 rings (SSSR count). The van der Waals surface area contributed by atoms with Gasteiger partial charge in [0.2, 0.25) is 0 Å². The molecule has 0 saturated carbocycles. The van der Waals surface area contributed by atoms with Crippen LogP contribution in [0, 0.1) is 0 Å². The average Bonchev–Trinajstić information content (AvgIpc) is 2.44. The van der Waals surface area contributed by atoms with E-state index in [0.29, 0.717) is 35.4 Å². The Morgan fingerprint density at radius 2 is 1.70 bits per heavy atom. The van der Waals surface area contributed by atoms with E-state index >= 15 is 0 Å². The van der Waals surface area contributed by atoms with Gasteiger partial charge in [-0.3, -0.25) is 0 Å². The molecule has 0 aliphatic heterocycles. The zero-order chi connectivity index (χ0) is 14.4. The van der Waals surface area contributed by atoms with E-state index in [4.69, 9.17) is 26.8 Å². The van der Waals surface area contributed by atoms with Gasteiger partial charge in [-0.05, 0) is 30.3 Å². The molecule has 0 spiro atoms. The molecular weight excluding hydrogens is 342 g/mol. The van der Waals surface area contributed by atoms with Gasteiger partial charge in [0, 0.05) is 10.9 Å². The zero-order valence-electron chi connectivity index (χ0n) is 10.8. The summed E-state index contributed by atoms with van der Waals surface area (Å²) in [7, 11) is 0. The van der Waals surface area contributed by atoms with Crippen LogP contribution in [0.5, 0.6) is 11.5 Å². The Labute approximate surface area is 131 Å². The quantitative estimate of drug-likeness (QED) is 0.611. The van der Waals surface area contributed by atoms with Crippen molar-refractivity contribution in [3.63, 3.8) is 0 Å². The third-order valence-corrected chi connectivity index (χ3v) is 3.42. The molecule has 3 nitrogen and oxygen atoms in total. The van der Waals surface area contributed by atoms with Crippen LogP contribution in [-0.2, 0) is 0 Å². The number of benzene rings is 2. The van der Waals surface area contributed by atoms with Gasteiger partial charge in [-0.25, -0.2) is 0 Å². The van der Waals surface area contributed by atoms with Crippen LogP contribution in [0.4, 0.5) is 5.69 Å². The van der Waals surface area contributed by atoms with E-state index < -0.39 is 0 Å². The molecule has 2 N–H and O–H groups in total. The van der Waals surface area contributed by atoms with Gasteiger partial charge in [0.25, 0.3) is 0 Å². The molecular formula is C15H15BrClNO2. The largest absolute Gasteiger partial charge is 0.492 e. The molecule has 0 atom stereocenters. The van der Waals surface area contributed by atoms with Crippen molar-refractivity contribution in [1.29, 1.82) is 0 Å². The van der Waals surface area contributed by atoms with Crippen LogP contribution in [0.2, 0.25) is 5.02 Å². The van der Waals surface area contributed by atoms with Crippen molar-refractivity contribution in [1.82, 2.24) is 0 Å². The number of nitrogens with two attached hydrogens (primary N) is 1. The number of hydrogen-bond donors (Lipinski definition) is 1. The van der Waals surface area contributed by atoms with Gasteiger partial charge in [-0.1, -0.05) is 39.7 Å². The molecule has 5 heteroatoms. The molecule has 0 aromatic heterocycles. The second kappa shape index (κ2) is 7.41. The Bertz CT molecular complexity index is 578. The predicted octanol–water partition coefficient (Wildman–Crippen LogP) is 4.53. The highest BCUT2D eigenvalue weighted by atomic mass is 79.9. The Balaban J connectivity index is 1.74. The highest BCUT2D eigenvalue weighted by Crippen LogP contribution is 2.28. The van der Waals surface area contributed by atoms with Gasteiger partial charge < -0.3 is 15.2 Å². The van der Waals surface area contributed by atoms with Crippen molar-refractivity contribution in [3.05, 3.63) is 52.0 Å². The molecule has 0 fully saturated rings.